The molecule has 0 saturated carbocycles. The number of para-hydroxylation sites is 2. The van der Waals surface area contributed by atoms with Crippen molar-refractivity contribution in [1.82, 2.24) is 5.16 Å². The number of amides is 2. The van der Waals surface area contributed by atoms with E-state index in [2.05, 4.69) is 15.8 Å². The highest BCUT2D eigenvalue weighted by Crippen LogP contribution is 2.36. The molecule has 0 saturated heterocycles. The first-order chi connectivity index (χ1) is 18.2. The van der Waals surface area contributed by atoms with Crippen LogP contribution in [0.1, 0.15) is 55.6 Å². The van der Waals surface area contributed by atoms with Crippen molar-refractivity contribution in [3.8, 4) is 17.0 Å². The Labute approximate surface area is 223 Å². The highest BCUT2D eigenvalue weighted by Gasteiger charge is 2.30. The normalized spacial score (nSPS) is 10.8. The number of esters is 1. The Hall–Kier alpha value is -4.44. The van der Waals surface area contributed by atoms with E-state index in [-0.39, 0.29) is 21.0 Å². The van der Waals surface area contributed by atoms with Crippen molar-refractivity contribution in [2.24, 2.45) is 0 Å². The molecule has 0 atom stereocenters. The van der Waals surface area contributed by atoms with Crippen LogP contribution in [0.25, 0.3) is 11.3 Å². The quantitative estimate of drug-likeness (QED) is 0.263. The fraction of sp³-hybridized carbons (Fsp3) is 0.214. The molecule has 0 bridgehead atoms. The largest absolute Gasteiger partial charge is 0.495 e. The zero-order chi connectivity index (χ0) is 27.4. The maximum Gasteiger partial charge on any atom is 0.341 e. The van der Waals surface area contributed by atoms with Crippen LogP contribution >= 0.6 is 11.3 Å². The third-order valence-electron chi connectivity index (χ3n) is 5.62. The van der Waals surface area contributed by atoms with Crippen molar-refractivity contribution in [3.63, 3.8) is 0 Å². The van der Waals surface area contributed by atoms with Gasteiger partial charge in [0.1, 0.15) is 27.8 Å². The van der Waals surface area contributed by atoms with Gasteiger partial charge in [0.2, 0.25) is 0 Å². The molecule has 0 aliphatic carbocycles. The first-order valence-electron chi connectivity index (χ1n) is 11.8. The summed E-state index contributed by atoms with van der Waals surface area (Å²) in [6, 6.07) is 16.1. The molecule has 0 unspecified atom stereocenters. The van der Waals surface area contributed by atoms with Crippen LogP contribution in [0.4, 0.5) is 10.7 Å². The van der Waals surface area contributed by atoms with E-state index in [0.29, 0.717) is 34.0 Å². The van der Waals surface area contributed by atoms with Gasteiger partial charge in [-0.3, -0.25) is 9.59 Å². The highest BCUT2D eigenvalue weighted by molar-refractivity contribution is 7.19. The Balaban J connectivity index is 1.72. The van der Waals surface area contributed by atoms with E-state index in [0.717, 1.165) is 11.3 Å². The second kappa shape index (κ2) is 11.3. The van der Waals surface area contributed by atoms with Crippen LogP contribution in [-0.4, -0.2) is 36.2 Å². The molecular formula is C28H27N3O6S. The fourth-order valence-electron chi connectivity index (χ4n) is 3.86. The highest BCUT2D eigenvalue weighted by atomic mass is 32.1. The van der Waals surface area contributed by atoms with E-state index in [1.165, 1.54) is 7.11 Å². The lowest BCUT2D eigenvalue weighted by Crippen LogP contribution is -2.18. The number of ether oxygens (including phenoxy) is 2. The number of hydrogen-bond acceptors (Lipinski definition) is 8. The minimum absolute atomic E-state index is 0.109. The summed E-state index contributed by atoms with van der Waals surface area (Å²) >= 11 is 0.979. The predicted octanol–water partition coefficient (Wildman–Crippen LogP) is 6.10. The van der Waals surface area contributed by atoms with E-state index in [1.54, 1.807) is 52.0 Å². The molecule has 38 heavy (non-hydrogen) atoms. The van der Waals surface area contributed by atoms with Gasteiger partial charge in [-0.1, -0.05) is 47.6 Å². The van der Waals surface area contributed by atoms with Crippen LogP contribution < -0.4 is 15.4 Å². The Morgan fingerprint density at radius 3 is 2.29 bits per heavy atom. The zero-order valence-electron chi connectivity index (χ0n) is 21.6. The molecule has 0 spiro atoms. The number of anilines is 2. The van der Waals surface area contributed by atoms with Gasteiger partial charge in [0.15, 0.2) is 0 Å². The number of methoxy groups -OCH3 is 1. The van der Waals surface area contributed by atoms with E-state index < -0.39 is 23.9 Å². The smallest absolute Gasteiger partial charge is 0.341 e. The summed E-state index contributed by atoms with van der Waals surface area (Å²) in [7, 11) is 1.51. The number of carbonyl (C=O) groups is 3. The Morgan fingerprint density at radius 2 is 1.61 bits per heavy atom. The molecule has 2 aromatic heterocycles. The lowest BCUT2D eigenvalue weighted by atomic mass is 10.1. The molecule has 0 aliphatic heterocycles. The molecule has 0 radical (unpaired) electrons. The van der Waals surface area contributed by atoms with Crippen LogP contribution in [0.2, 0.25) is 0 Å². The third-order valence-corrected chi connectivity index (χ3v) is 6.83. The average Bonchev–Trinajstić information content (AvgIpc) is 3.43. The number of aromatic nitrogens is 1. The number of benzene rings is 2. The Bertz CT molecular complexity index is 1490. The molecule has 0 fully saturated rings. The maximum atomic E-state index is 13.5. The summed E-state index contributed by atoms with van der Waals surface area (Å²) in [5.74, 6) is -0.832. The van der Waals surface area contributed by atoms with Crippen LogP contribution in [0.5, 0.6) is 5.75 Å². The van der Waals surface area contributed by atoms with Gasteiger partial charge in [-0.05, 0) is 45.4 Å². The first kappa shape index (κ1) is 26.6. The predicted molar refractivity (Wildman–Crippen MR) is 145 cm³/mol. The average molecular weight is 534 g/mol. The zero-order valence-corrected chi connectivity index (χ0v) is 22.4. The molecule has 2 N–H and O–H groups in total. The van der Waals surface area contributed by atoms with Crippen molar-refractivity contribution in [3.05, 3.63) is 81.9 Å². The van der Waals surface area contributed by atoms with Gasteiger partial charge in [0.05, 0.1) is 29.3 Å². The topological polar surface area (TPSA) is 120 Å². The number of carbonyl (C=O) groups excluding carboxylic acids is 3. The molecule has 9 nitrogen and oxygen atoms in total. The van der Waals surface area contributed by atoms with Gasteiger partial charge in [-0.25, -0.2) is 4.79 Å². The van der Waals surface area contributed by atoms with Crippen molar-refractivity contribution >= 4 is 39.8 Å². The van der Waals surface area contributed by atoms with E-state index in [9.17, 15) is 14.4 Å². The summed E-state index contributed by atoms with van der Waals surface area (Å²) < 4.78 is 16.1. The molecule has 2 aromatic carbocycles. The molecule has 4 aromatic rings. The number of rotatable bonds is 8. The molecule has 196 valence electrons. The monoisotopic (exact) mass is 533 g/mol. The summed E-state index contributed by atoms with van der Waals surface area (Å²) in [4.78, 5) is 40.1. The summed E-state index contributed by atoms with van der Waals surface area (Å²) in [6.07, 6.45) is -0.402. The van der Waals surface area contributed by atoms with Gasteiger partial charge in [-0.2, -0.15) is 0 Å². The molecule has 0 aliphatic rings. The Morgan fingerprint density at radius 1 is 0.921 bits per heavy atom. The minimum Gasteiger partial charge on any atom is -0.495 e. The second-order valence-electron chi connectivity index (χ2n) is 8.65. The first-order valence-corrected chi connectivity index (χ1v) is 12.6. The van der Waals surface area contributed by atoms with Gasteiger partial charge >= 0.3 is 5.97 Å². The number of nitrogens with one attached hydrogen (secondary N) is 2. The van der Waals surface area contributed by atoms with Gasteiger partial charge in [0.25, 0.3) is 11.8 Å². The summed E-state index contributed by atoms with van der Waals surface area (Å²) in [5.41, 5.74) is 2.26. The lowest BCUT2D eigenvalue weighted by Gasteiger charge is -2.11. The van der Waals surface area contributed by atoms with E-state index >= 15 is 0 Å². The fourth-order valence-corrected chi connectivity index (χ4v) is 4.95. The van der Waals surface area contributed by atoms with Crippen molar-refractivity contribution in [2.45, 2.75) is 33.8 Å². The standard InChI is InChI=1S/C28H27N3O6S/c1-15(2)36-28(34)21-16(3)24(26(33)29-19-13-9-10-14-20(19)35-5)38-27(21)30-25(32)22-17(4)37-31-23(22)18-11-7-6-8-12-18/h6-15H,1-5H3,(H,29,33)(H,30,32). The molecule has 4 rings (SSSR count). The maximum absolute atomic E-state index is 13.5. The van der Waals surface area contributed by atoms with Gasteiger partial charge in [-0.15, -0.1) is 11.3 Å². The molecule has 10 heteroatoms. The van der Waals surface area contributed by atoms with Crippen LogP contribution in [0.15, 0.2) is 59.1 Å². The lowest BCUT2D eigenvalue weighted by molar-refractivity contribution is 0.0379. The minimum atomic E-state index is -0.647. The van der Waals surface area contributed by atoms with Crippen molar-refractivity contribution < 1.29 is 28.4 Å². The van der Waals surface area contributed by atoms with E-state index in [1.807, 2.05) is 30.3 Å². The Kier molecular flexibility index (Phi) is 7.92. The van der Waals surface area contributed by atoms with Gasteiger partial charge < -0.3 is 24.6 Å². The number of nitrogens with zero attached hydrogens (tertiary/aromatic N) is 1. The number of thiophene rings is 1. The molecule has 2 heterocycles. The summed E-state index contributed by atoms with van der Waals surface area (Å²) in [5, 5.41) is 9.85. The van der Waals surface area contributed by atoms with Crippen molar-refractivity contribution in [2.75, 3.05) is 17.7 Å². The summed E-state index contributed by atoms with van der Waals surface area (Å²) in [6.45, 7) is 6.72. The SMILES string of the molecule is COc1ccccc1NC(=O)c1sc(NC(=O)c2c(-c3ccccc3)noc2C)c(C(=O)OC(C)C)c1C. The van der Waals surface area contributed by atoms with E-state index in [4.69, 9.17) is 14.0 Å². The number of hydrogen-bond donors (Lipinski definition) is 2. The second-order valence-corrected chi connectivity index (χ2v) is 9.67. The molecule has 2 amide bonds. The third kappa shape index (κ3) is 5.45. The number of aryl methyl sites for hydroxylation is 1. The van der Waals surface area contributed by atoms with Gasteiger partial charge in [0, 0.05) is 5.56 Å². The van der Waals surface area contributed by atoms with Crippen LogP contribution in [0.3, 0.4) is 0 Å². The van der Waals surface area contributed by atoms with Crippen LogP contribution in [0, 0.1) is 13.8 Å². The molecular weight excluding hydrogens is 506 g/mol. The van der Waals surface area contributed by atoms with Crippen LogP contribution in [-0.2, 0) is 4.74 Å². The van der Waals surface area contributed by atoms with Crippen molar-refractivity contribution in [1.29, 1.82) is 0 Å².